The Morgan fingerprint density at radius 2 is 1.75 bits per heavy atom. The van der Waals surface area contributed by atoms with Gasteiger partial charge in [0, 0.05) is 5.92 Å². The summed E-state index contributed by atoms with van der Waals surface area (Å²) in [4.78, 5) is 34.0. The molecule has 0 spiro atoms. The van der Waals surface area contributed by atoms with Gasteiger partial charge in [-0.3, -0.25) is 9.59 Å². The average molecular weight is 224 g/mol. The standard InChI is InChI=1S/C12H16O4/c1-2-16-12(15)11(14)6-10(13)9-4-7-3-8(7)5-9/h7-9H,2-6H2,1H3. The summed E-state index contributed by atoms with van der Waals surface area (Å²) in [6.45, 7) is 1.81. The van der Waals surface area contributed by atoms with E-state index in [1.165, 1.54) is 6.42 Å². The summed E-state index contributed by atoms with van der Waals surface area (Å²) in [5.74, 6) is -0.211. The minimum Gasteiger partial charge on any atom is -0.460 e. The van der Waals surface area contributed by atoms with E-state index >= 15 is 0 Å². The summed E-state index contributed by atoms with van der Waals surface area (Å²) >= 11 is 0. The Morgan fingerprint density at radius 1 is 1.12 bits per heavy atom. The quantitative estimate of drug-likeness (QED) is 0.399. The number of hydrogen-bond donors (Lipinski definition) is 0. The zero-order chi connectivity index (χ0) is 11.7. The van der Waals surface area contributed by atoms with Gasteiger partial charge >= 0.3 is 5.97 Å². The fourth-order valence-electron chi connectivity index (χ4n) is 2.56. The van der Waals surface area contributed by atoms with Crippen molar-refractivity contribution < 1.29 is 19.1 Å². The molecule has 0 aromatic rings. The van der Waals surface area contributed by atoms with Crippen LogP contribution in [-0.4, -0.2) is 24.1 Å². The zero-order valence-corrected chi connectivity index (χ0v) is 9.40. The Bertz CT molecular complexity index is 324. The molecule has 2 aliphatic rings. The fourth-order valence-corrected chi connectivity index (χ4v) is 2.56. The first-order valence-electron chi connectivity index (χ1n) is 5.84. The summed E-state index contributed by atoms with van der Waals surface area (Å²) in [6, 6.07) is 0. The van der Waals surface area contributed by atoms with Gasteiger partial charge in [-0.05, 0) is 38.0 Å². The van der Waals surface area contributed by atoms with E-state index in [9.17, 15) is 14.4 Å². The maximum atomic E-state index is 11.7. The number of carbonyl (C=O) groups excluding carboxylic acids is 3. The highest BCUT2D eigenvalue weighted by molar-refractivity contribution is 6.37. The van der Waals surface area contributed by atoms with Crippen LogP contribution in [0.3, 0.4) is 0 Å². The van der Waals surface area contributed by atoms with Crippen molar-refractivity contribution in [2.45, 2.75) is 32.6 Å². The number of ketones is 2. The molecule has 88 valence electrons. The zero-order valence-electron chi connectivity index (χ0n) is 9.40. The molecule has 2 saturated carbocycles. The van der Waals surface area contributed by atoms with Gasteiger partial charge in [-0.25, -0.2) is 4.79 Å². The van der Waals surface area contributed by atoms with Gasteiger partial charge in [0.15, 0.2) is 0 Å². The normalized spacial score (nSPS) is 30.7. The van der Waals surface area contributed by atoms with Gasteiger partial charge in [0.25, 0.3) is 0 Å². The highest BCUT2D eigenvalue weighted by Crippen LogP contribution is 2.54. The lowest BCUT2D eigenvalue weighted by Crippen LogP contribution is -2.24. The highest BCUT2D eigenvalue weighted by atomic mass is 16.5. The molecular formula is C12H16O4. The molecular weight excluding hydrogens is 208 g/mol. The summed E-state index contributed by atoms with van der Waals surface area (Å²) in [5.41, 5.74) is 0. The molecule has 0 aromatic heterocycles. The van der Waals surface area contributed by atoms with E-state index in [2.05, 4.69) is 4.74 Å². The molecule has 0 amide bonds. The van der Waals surface area contributed by atoms with Crippen molar-refractivity contribution in [1.82, 2.24) is 0 Å². The van der Waals surface area contributed by atoms with Crippen LogP contribution in [0.1, 0.15) is 32.6 Å². The largest absolute Gasteiger partial charge is 0.460 e. The number of ether oxygens (including phenoxy) is 1. The third-order valence-electron chi connectivity index (χ3n) is 3.54. The molecule has 0 bridgehead atoms. The van der Waals surface area contributed by atoms with Crippen LogP contribution in [-0.2, 0) is 19.1 Å². The van der Waals surface area contributed by atoms with Gasteiger partial charge in [0.05, 0.1) is 13.0 Å². The number of carbonyl (C=O) groups is 3. The Kier molecular flexibility index (Phi) is 3.08. The van der Waals surface area contributed by atoms with Crippen LogP contribution in [0.25, 0.3) is 0 Å². The van der Waals surface area contributed by atoms with E-state index in [1.807, 2.05) is 0 Å². The highest BCUT2D eigenvalue weighted by Gasteiger charge is 2.48. The number of hydrogen-bond acceptors (Lipinski definition) is 4. The van der Waals surface area contributed by atoms with E-state index in [1.54, 1.807) is 6.92 Å². The molecule has 4 nitrogen and oxygen atoms in total. The van der Waals surface area contributed by atoms with Crippen molar-refractivity contribution in [3.63, 3.8) is 0 Å². The van der Waals surface area contributed by atoms with Crippen LogP contribution < -0.4 is 0 Å². The summed E-state index contributed by atoms with van der Waals surface area (Å²) in [6.07, 6.45) is 2.80. The Hall–Kier alpha value is -1.19. The van der Waals surface area contributed by atoms with Crippen molar-refractivity contribution in [2.24, 2.45) is 17.8 Å². The number of fused-ring (bicyclic) bond motifs is 1. The molecule has 0 radical (unpaired) electrons. The first-order chi connectivity index (χ1) is 7.61. The lowest BCUT2D eigenvalue weighted by Gasteiger charge is -2.09. The molecule has 2 aliphatic carbocycles. The van der Waals surface area contributed by atoms with E-state index < -0.39 is 11.8 Å². The topological polar surface area (TPSA) is 60.4 Å². The maximum Gasteiger partial charge on any atom is 0.375 e. The second kappa shape index (κ2) is 4.36. The van der Waals surface area contributed by atoms with Crippen molar-refractivity contribution in [3.8, 4) is 0 Å². The van der Waals surface area contributed by atoms with Crippen LogP contribution in [0.15, 0.2) is 0 Å². The predicted molar refractivity (Wildman–Crippen MR) is 55.6 cm³/mol. The first-order valence-corrected chi connectivity index (χ1v) is 5.84. The third kappa shape index (κ3) is 2.31. The summed E-state index contributed by atoms with van der Waals surface area (Å²) < 4.78 is 4.56. The fraction of sp³-hybridized carbons (Fsp3) is 0.750. The first kappa shape index (κ1) is 11.3. The molecule has 0 aliphatic heterocycles. The van der Waals surface area contributed by atoms with Gasteiger partial charge in [-0.1, -0.05) is 0 Å². The molecule has 2 atom stereocenters. The molecule has 16 heavy (non-hydrogen) atoms. The SMILES string of the molecule is CCOC(=O)C(=O)CC(=O)C1CC2CC2C1. The Morgan fingerprint density at radius 3 is 2.31 bits per heavy atom. The van der Waals surface area contributed by atoms with Crippen molar-refractivity contribution in [3.05, 3.63) is 0 Å². The molecule has 2 rings (SSSR count). The summed E-state index contributed by atoms with van der Waals surface area (Å²) in [7, 11) is 0. The van der Waals surface area contributed by atoms with Crippen molar-refractivity contribution >= 4 is 17.5 Å². The summed E-state index contributed by atoms with van der Waals surface area (Å²) in [5, 5.41) is 0. The van der Waals surface area contributed by atoms with Gasteiger partial charge in [0.1, 0.15) is 5.78 Å². The molecule has 0 saturated heterocycles. The minimum atomic E-state index is -0.876. The lowest BCUT2D eigenvalue weighted by molar-refractivity contribution is -0.154. The van der Waals surface area contributed by atoms with Crippen LogP contribution in [0, 0.1) is 17.8 Å². The van der Waals surface area contributed by atoms with Crippen LogP contribution >= 0.6 is 0 Å². The van der Waals surface area contributed by atoms with Crippen molar-refractivity contribution in [2.75, 3.05) is 6.61 Å². The van der Waals surface area contributed by atoms with Crippen LogP contribution in [0.2, 0.25) is 0 Å². The third-order valence-corrected chi connectivity index (χ3v) is 3.54. The Balaban J connectivity index is 1.78. The second-order valence-corrected chi connectivity index (χ2v) is 4.71. The smallest absolute Gasteiger partial charge is 0.375 e. The van der Waals surface area contributed by atoms with Crippen molar-refractivity contribution in [1.29, 1.82) is 0 Å². The Labute approximate surface area is 94.3 Å². The van der Waals surface area contributed by atoms with Gasteiger partial charge in [0.2, 0.25) is 5.78 Å². The maximum absolute atomic E-state index is 11.7. The molecule has 4 heteroatoms. The van der Waals surface area contributed by atoms with Gasteiger partial charge < -0.3 is 4.74 Å². The minimum absolute atomic E-state index is 0.0159. The van der Waals surface area contributed by atoms with E-state index in [-0.39, 0.29) is 24.7 Å². The monoisotopic (exact) mass is 224 g/mol. The van der Waals surface area contributed by atoms with Gasteiger partial charge in [-0.2, -0.15) is 0 Å². The molecule has 2 fully saturated rings. The number of Topliss-reactive ketones (excluding diaryl/α,β-unsaturated/α-hetero) is 2. The van der Waals surface area contributed by atoms with Gasteiger partial charge in [-0.15, -0.1) is 0 Å². The molecule has 0 N–H and O–H groups in total. The number of esters is 1. The van der Waals surface area contributed by atoms with E-state index in [0.717, 1.165) is 12.8 Å². The van der Waals surface area contributed by atoms with E-state index in [4.69, 9.17) is 0 Å². The number of rotatable bonds is 5. The van der Waals surface area contributed by atoms with Crippen LogP contribution in [0.4, 0.5) is 0 Å². The second-order valence-electron chi connectivity index (χ2n) is 4.71. The lowest BCUT2D eigenvalue weighted by atomic mass is 9.95. The predicted octanol–water partition coefficient (Wildman–Crippen LogP) is 1.12. The van der Waals surface area contributed by atoms with Crippen LogP contribution in [0.5, 0.6) is 0 Å². The molecule has 0 aromatic carbocycles. The molecule has 2 unspecified atom stereocenters. The van der Waals surface area contributed by atoms with E-state index in [0.29, 0.717) is 11.8 Å². The average Bonchev–Trinajstić information content (AvgIpc) is 2.86. The molecule has 0 heterocycles.